The molecule has 2 N–H and O–H groups in total. The number of amides is 1. The number of carbonyl (C=O) groups is 1. The highest BCUT2D eigenvalue weighted by Crippen LogP contribution is 2.20. The predicted octanol–water partition coefficient (Wildman–Crippen LogP) is 4.48. The van der Waals surface area contributed by atoms with E-state index in [1.807, 2.05) is 25.1 Å². The molecule has 0 saturated heterocycles. The van der Waals surface area contributed by atoms with E-state index in [1.165, 1.54) is 6.07 Å². The molecule has 116 valence electrons. The second-order valence-electron chi connectivity index (χ2n) is 4.82. The van der Waals surface area contributed by atoms with E-state index >= 15 is 0 Å². The van der Waals surface area contributed by atoms with E-state index in [4.69, 9.17) is 0 Å². The number of nitrogens with one attached hydrogen (secondary N) is 2. The predicted molar refractivity (Wildman–Crippen MR) is 87.0 cm³/mol. The minimum Gasteiger partial charge on any atom is -0.385 e. The molecule has 22 heavy (non-hydrogen) atoms. The van der Waals surface area contributed by atoms with Gasteiger partial charge in [-0.15, -0.1) is 0 Å². The first kappa shape index (κ1) is 16.4. The Labute approximate surface area is 135 Å². The van der Waals surface area contributed by atoms with Gasteiger partial charge in [-0.25, -0.2) is 8.78 Å². The zero-order valence-electron chi connectivity index (χ0n) is 11.9. The third-order valence-corrected chi connectivity index (χ3v) is 3.93. The van der Waals surface area contributed by atoms with Crippen molar-refractivity contribution in [1.82, 2.24) is 0 Å². The normalized spacial score (nSPS) is 10.4. The van der Waals surface area contributed by atoms with Gasteiger partial charge < -0.3 is 10.6 Å². The van der Waals surface area contributed by atoms with Crippen LogP contribution in [0.2, 0.25) is 0 Å². The summed E-state index contributed by atoms with van der Waals surface area (Å²) in [4.78, 5) is 11.7. The summed E-state index contributed by atoms with van der Waals surface area (Å²) in [7, 11) is 0. The fourth-order valence-electron chi connectivity index (χ4n) is 1.87. The van der Waals surface area contributed by atoms with Crippen LogP contribution in [-0.4, -0.2) is 12.5 Å². The monoisotopic (exact) mass is 368 g/mol. The Bertz CT molecular complexity index is 692. The van der Waals surface area contributed by atoms with Gasteiger partial charge in [-0.1, -0.05) is 15.9 Å². The van der Waals surface area contributed by atoms with Gasteiger partial charge in [0.2, 0.25) is 5.91 Å². The third-order valence-electron chi connectivity index (χ3n) is 3.04. The van der Waals surface area contributed by atoms with Gasteiger partial charge in [-0.05, 0) is 42.8 Å². The first-order valence-corrected chi connectivity index (χ1v) is 7.50. The number of hydrogen-bond donors (Lipinski definition) is 2. The van der Waals surface area contributed by atoms with Crippen LogP contribution in [-0.2, 0) is 4.79 Å². The van der Waals surface area contributed by atoms with Crippen molar-refractivity contribution in [1.29, 1.82) is 0 Å². The highest BCUT2D eigenvalue weighted by Gasteiger charge is 2.06. The van der Waals surface area contributed by atoms with Crippen LogP contribution in [0.3, 0.4) is 0 Å². The van der Waals surface area contributed by atoms with Gasteiger partial charge in [0.1, 0.15) is 0 Å². The Morgan fingerprint density at radius 2 is 1.82 bits per heavy atom. The summed E-state index contributed by atoms with van der Waals surface area (Å²) in [6, 6.07) is 9.06. The lowest BCUT2D eigenvalue weighted by molar-refractivity contribution is -0.115. The number of anilines is 2. The Balaban J connectivity index is 1.82. The van der Waals surface area contributed by atoms with Crippen molar-refractivity contribution >= 4 is 33.2 Å². The highest BCUT2D eigenvalue weighted by atomic mass is 79.9. The molecule has 2 rings (SSSR count). The Hall–Kier alpha value is -1.95. The highest BCUT2D eigenvalue weighted by molar-refractivity contribution is 9.10. The van der Waals surface area contributed by atoms with E-state index in [2.05, 4.69) is 26.6 Å². The molecular weight excluding hydrogens is 354 g/mol. The van der Waals surface area contributed by atoms with Crippen LogP contribution >= 0.6 is 15.9 Å². The average molecular weight is 369 g/mol. The van der Waals surface area contributed by atoms with Crippen molar-refractivity contribution in [3.63, 3.8) is 0 Å². The molecular formula is C16H15BrF2N2O. The lowest BCUT2D eigenvalue weighted by atomic mass is 10.2. The van der Waals surface area contributed by atoms with Crippen LogP contribution < -0.4 is 10.6 Å². The molecule has 0 aliphatic rings. The van der Waals surface area contributed by atoms with E-state index in [9.17, 15) is 13.6 Å². The van der Waals surface area contributed by atoms with E-state index in [0.717, 1.165) is 27.9 Å². The summed E-state index contributed by atoms with van der Waals surface area (Å²) in [5, 5.41) is 5.66. The minimum atomic E-state index is -0.985. The Morgan fingerprint density at radius 1 is 1.09 bits per heavy atom. The van der Waals surface area contributed by atoms with Gasteiger partial charge in [0.15, 0.2) is 11.6 Å². The molecule has 2 aromatic carbocycles. The maximum absolute atomic E-state index is 13.0. The Kier molecular flexibility index (Phi) is 5.49. The molecule has 3 nitrogen and oxygen atoms in total. The van der Waals surface area contributed by atoms with Gasteiger partial charge in [0, 0.05) is 34.9 Å². The first-order chi connectivity index (χ1) is 10.5. The SMILES string of the molecule is Cc1cc(NCCC(=O)Nc2ccc(F)c(F)c2)ccc1Br. The maximum Gasteiger partial charge on any atom is 0.226 e. The first-order valence-electron chi connectivity index (χ1n) is 6.70. The zero-order chi connectivity index (χ0) is 16.1. The summed E-state index contributed by atoms with van der Waals surface area (Å²) in [6.07, 6.45) is 0.216. The lowest BCUT2D eigenvalue weighted by Gasteiger charge is -2.09. The van der Waals surface area contributed by atoms with Crippen molar-refractivity contribution in [2.75, 3.05) is 17.2 Å². The summed E-state index contributed by atoms with van der Waals surface area (Å²) < 4.78 is 26.8. The smallest absolute Gasteiger partial charge is 0.226 e. The van der Waals surface area contributed by atoms with Gasteiger partial charge >= 0.3 is 0 Å². The Morgan fingerprint density at radius 3 is 2.50 bits per heavy atom. The topological polar surface area (TPSA) is 41.1 Å². The standard InChI is InChI=1S/C16H15BrF2N2O/c1-10-8-11(2-4-13(10)17)20-7-6-16(22)21-12-3-5-14(18)15(19)9-12/h2-5,8-9,20H,6-7H2,1H3,(H,21,22). The number of halogens is 3. The maximum atomic E-state index is 13.0. The molecule has 0 saturated carbocycles. The van der Waals surface area contributed by atoms with E-state index in [1.54, 1.807) is 0 Å². The van der Waals surface area contributed by atoms with Gasteiger partial charge in [0.05, 0.1) is 0 Å². The quantitative estimate of drug-likeness (QED) is 0.816. The molecule has 0 heterocycles. The molecule has 1 amide bonds. The fourth-order valence-corrected chi connectivity index (χ4v) is 2.12. The third kappa shape index (κ3) is 4.53. The molecule has 2 aromatic rings. The van der Waals surface area contributed by atoms with Crippen molar-refractivity contribution < 1.29 is 13.6 Å². The van der Waals surface area contributed by atoms with E-state index in [0.29, 0.717) is 6.54 Å². The van der Waals surface area contributed by atoms with Crippen LogP contribution in [0.25, 0.3) is 0 Å². The summed E-state index contributed by atoms with van der Waals surface area (Å²) >= 11 is 3.42. The number of rotatable bonds is 5. The number of benzene rings is 2. The summed E-state index contributed by atoms with van der Waals surface area (Å²) in [5.74, 6) is -2.20. The van der Waals surface area contributed by atoms with Crippen LogP contribution in [0.4, 0.5) is 20.2 Å². The largest absolute Gasteiger partial charge is 0.385 e. The second-order valence-corrected chi connectivity index (χ2v) is 5.67. The van der Waals surface area contributed by atoms with Crippen LogP contribution in [0, 0.1) is 18.6 Å². The van der Waals surface area contributed by atoms with Crippen molar-refractivity contribution in [3.05, 3.63) is 58.1 Å². The molecule has 0 fully saturated rings. The summed E-state index contributed by atoms with van der Waals surface area (Å²) in [6.45, 7) is 2.42. The van der Waals surface area contributed by atoms with Crippen LogP contribution in [0.1, 0.15) is 12.0 Å². The van der Waals surface area contributed by atoms with Crippen LogP contribution in [0.5, 0.6) is 0 Å². The zero-order valence-corrected chi connectivity index (χ0v) is 13.5. The van der Waals surface area contributed by atoms with Crippen molar-refractivity contribution in [3.8, 4) is 0 Å². The van der Waals surface area contributed by atoms with E-state index < -0.39 is 11.6 Å². The van der Waals surface area contributed by atoms with Gasteiger partial charge in [0.25, 0.3) is 0 Å². The molecule has 0 radical (unpaired) electrons. The van der Waals surface area contributed by atoms with Crippen molar-refractivity contribution in [2.24, 2.45) is 0 Å². The minimum absolute atomic E-state index is 0.216. The second kappa shape index (κ2) is 7.35. The molecule has 0 spiro atoms. The fraction of sp³-hybridized carbons (Fsp3) is 0.188. The van der Waals surface area contributed by atoms with Crippen LogP contribution in [0.15, 0.2) is 40.9 Å². The molecule has 0 aliphatic carbocycles. The van der Waals surface area contributed by atoms with Gasteiger partial charge in [-0.3, -0.25) is 4.79 Å². The van der Waals surface area contributed by atoms with Gasteiger partial charge in [-0.2, -0.15) is 0 Å². The van der Waals surface area contributed by atoms with E-state index in [-0.39, 0.29) is 18.0 Å². The van der Waals surface area contributed by atoms with Crippen molar-refractivity contribution in [2.45, 2.75) is 13.3 Å². The number of hydrogen-bond acceptors (Lipinski definition) is 2. The lowest BCUT2D eigenvalue weighted by Crippen LogP contribution is -2.16. The summed E-state index contributed by atoms with van der Waals surface area (Å²) in [5.41, 5.74) is 2.25. The molecule has 0 aliphatic heterocycles. The average Bonchev–Trinajstić information content (AvgIpc) is 2.47. The number of aryl methyl sites for hydroxylation is 1. The number of carbonyl (C=O) groups excluding carboxylic acids is 1. The molecule has 0 atom stereocenters. The molecule has 0 unspecified atom stereocenters. The molecule has 0 aromatic heterocycles. The molecule has 6 heteroatoms. The molecule has 0 bridgehead atoms.